The molecule has 5 rings (SSSR count). The van der Waals surface area contributed by atoms with Crippen LogP contribution in [-0.2, 0) is 19.3 Å². The molecule has 0 spiro atoms. The van der Waals surface area contributed by atoms with Gasteiger partial charge in [0, 0.05) is 47.6 Å². The van der Waals surface area contributed by atoms with E-state index in [1.54, 1.807) is 6.33 Å². The Morgan fingerprint density at radius 3 is 2.93 bits per heavy atom. The third-order valence-corrected chi connectivity index (χ3v) is 5.09. The first-order valence-corrected chi connectivity index (χ1v) is 9.14. The van der Waals surface area contributed by atoms with E-state index in [2.05, 4.69) is 27.3 Å². The molecule has 1 aliphatic heterocycles. The van der Waals surface area contributed by atoms with Gasteiger partial charge in [0.05, 0.1) is 6.61 Å². The zero-order valence-corrected chi connectivity index (χ0v) is 15.1. The van der Waals surface area contributed by atoms with Crippen LogP contribution in [0.1, 0.15) is 22.6 Å². The molecule has 0 saturated carbocycles. The molecule has 3 aromatic heterocycles. The van der Waals surface area contributed by atoms with Crippen LogP contribution in [0.15, 0.2) is 49.1 Å². The molecule has 27 heavy (non-hydrogen) atoms. The lowest BCUT2D eigenvalue weighted by Gasteiger charge is -2.10. The molecule has 0 N–H and O–H groups in total. The molecule has 4 heterocycles. The number of aromatic nitrogens is 5. The lowest BCUT2D eigenvalue weighted by atomic mass is 10.0. The zero-order chi connectivity index (χ0) is 18.2. The standard InChI is InChI=1S/C21H19N5O/c1-14-5-6-16(11-22-14)18-12-23-20(26-13-24-25-21(18)26)8-7-15-3-2-4-19-17(15)9-10-27-19/h2-6,11-13H,7-10H2,1H3. The number of rotatable bonds is 4. The van der Waals surface area contributed by atoms with Crippen LogP contribution in [0, 0.1) is 6.92 Å². The average molecular weight is 357 g/mol. The van der Waals surface area contributed by atoms with Gasteiger partial charge < -0.3 is 4.74 Å². The van der Waals surface area contributed by atoms with Crippen LogP contribution in [0.3, 0.4) is 0 Å². The Balaban J connectivity index is 1.47. The van der Waals surface area contributed by atoms with E-state index in [1.807, 2.05) is 41.9 Å². The van der Waals surface area contributed by atoms with E-state index in [0.29, 0.717) is 0 Å². The molecular formula is C21H19N5O. The zero-order valence-electron chi connectivity index (χ0n) is 15.1. The van der Waals surface area contributed by atoms with Crippen LogP contribution in [-0.4, -0.2) is 31.2 Å². The number of hydrogen-bond acceptors (Lipinski definition) is 5. The molecule has 4 aromatic rings. The van der Waals surface area contributed by atoms with Crippen molar-refractivity contribution in [3.8, 4) is 16.9 Å². The van der Waals surface area contributed by atoms with Crippen LogP contribution in [0.5, 0.6) is 5.75 Å². The van der Waals surface area contributed by atoms with E-state index in [-0.39, 0.29) is 0 Å². The number of hydrogen-bond donors (Lipinski definition) is 0. The van der Waals surface area contributed by atoms with Crippen LogP contribution in [0.2, 0.25) is 0 Å². The van der Waals surface area contributed by atoms with Gasteiger partial charge in [0.15, 0.2) is 5.65 Å². The molecule has 1 aromatic carbocycles. The Morgan fingerprint density at radius 2 is 2.04 bits per heavy atom. The Labute approximate surface area is 156 Å². The van der Waals surface area contributed by atoms with E-state index < -0.39 is 0 Å². The quantitative estimate of drug-likeness (QED) is 0.561. The molecule has 0 fully saturated rings. The summed E-state index contributed by atoms with van der Waals surface area (Å²) in [5.74, 6) is 1.98. The van der Waals surface area contributed by atoms with Crippen molar-refractivity contribution in [3.05, 3.63) is 71.7 Å². The number of nitrogens with zero attached hydrogens (tertiary/aromatic N) is 5. The highest BCUT2D eigenvalue weighted by Gasteiger charge is 2.17. The van der Waals surface area contributed by atoms with Crippen molar-refractivity contribution < 1.29 is 4.74 Å². The summed E-state index contributed by atoms with van der Waals surface area (Å²) in [7, 11) is 0. The van der Waals surface area contributed by atoms with E-state index in [9.17, 15) is 0 Å². The van der Waals surface area contributed by atoms with E-state index in [0.717, 1.165) is 59.9 Å². The molecule has 0 amide bonds. The van der Waals surface area contributed by atoms with Crippen molar-refractivity contribution in [2.45, 2.75) is 26.2 Å². The Hall–Kier alpha value is -3.28. The number of benzene rings is 1. The predicted molar refractivity (Wildman–Crippen MR) is 102 cm³/mol. The number of pyridine rings is 1. The third kappa shape index (κ3) is 2.83. The van der Waals surface area contributed by atoms with Crippen molar-refractivity contribution in [1.82, 2.24) is 24.6 Å². The lowest BCUT2D eigenvalue weighted by molar-refractivity contribution is 0.357. The minimum Gasteiger partial charge on any atom is -0.493 e. The number of fused-ring (bicyclic) bond motifs is 2. The first kappa shape index (κ1) is 15.9. The normalized spacial score (nSPS) is 12.9. The van der Waals surface area contributed by atoms with Crippen molar-refractivity contribution in [2.24, 2.45) is 0 Å². The topological polar surface area (TPSA) is 65.2 Å². The van der Waals surface area contributed by atoms with Gasteiger partial charge in [0.1, 0.15) is 17.9 Å². The molecule has 0 saturated heterocycles. The minimum absolute atomic E-state index is 0.777. The molecule has 0 radical (unpaired) electrons. The molecule has 6 heteroatoms. The van der Waals surface area contributed by atoms with Gasteiger partial charge in [-0.25, -0.2) is 4.98 Å². The Morgan fingerprint density at radius 1 is 1.07 bits per heavy atom. The second-order valence-electron chi connectivity index (χ2n) is 6.79. The van der Waals surface area contributed by atoms with Gasteiger partial charge in [-0.1, -0.05) is 18.2 Å². The fourth-order valence-electron chi connectivity index (χ4n) is 3.66. The monoisotopic (exact) mass is 357 g/mol. The maximum atomic E-state index is 5.68. The van der Waals surface area contributed by atoms with Crippen LogP contribution in [0.4, 0.5) is 0 Å². The van der Waals surface area contributed by atoms with Gasteiger partial charge in [-0.05, 0) is 31.0 Å². The summed E-state index contributed by atoms with van der Waals surface area (Å²) in [6.45, 7) is 2.75. The second kappa shape index (κ2) is 6.46. The van der Waals surface area contributed by atoms with Crippen molar-refractivity contribution >= 4 is 5.65 Å². The van der Waals surface area contributed by atoms with E-state index >= 15 is 0 Å². The molecule has 0 atom stereocenters. The Bertz CT molecular complexity index is 1120. The van der Waals surface area contributed by atoms with Crippen LogP contribution < -0.4 is 4.74 Å². The molecule has 0 unspecified atom stereocenters. The van der Waals surface area contributed by atoms with Gasteiger partial charge in [0.25, 0.3) is 0 Å². The number of aryl methyl sites for hydroxylation is 3. The van der Waals surface area contributed by atoms with Crippen LogP contribution >= 0.6 is 0 Å². The number of ether oxygens (including phenoxy) is 1. The van der Waals surface area contributed by atoms with Crippen molar-refractivity contribution in [3.63, 3.8) is 0 Å². The van der Waals surface area contributed by atoms with E-state index in [4.69, 9.17) is 9.72 Å². The van der Waals surface area contributed by atoms with Crippen molar-refractivity contribution in [1.29, 1.82) is 0 Å². The van der Waals surface area contributed by atoms with Gasteiger partial charge in [-0.15, -0.1) is 10.2 Å². The summed E-state index contributed by atoms with van der Waals surface area (Å²) in [5, 5.41) is 8.43. The van der Waals surface area contributed by atoms with Crippen LogP contribution in [0.25, 0.3) is 16.8 Å². The highest BCUT2D eigenvalue weighted by Crippen LogP contribution is 2.29. The highest BCUT2D eigenvalue weighted by atomic mass is 16.5. The highest BCUT2D eigenvalue weighted by molar-refractivity contribution is 5.75. The molecule has 1 aliphatic rings. The van der Waals surface area contributed by atoms with E-state index in [1.165, 1.54) is 11.1 Å². The van der Waals surface area contributed by atoms with Gasteiger partial charge >= 0.3 is 0 Å². The van der Waals surface area contributed by atoms with Gasteiger partial charge in [-0.2, -0.15) is 0 Å². The minimum atomic E-state index is 0.777. The summed E-state index contributed by atoms with van der Waals surface area (Å²) in [4.78, 5) is 9.09. The first-order chi connectivity index (χ1) is 13.3. The summed E-state index contributed by atoms with van der Waals surface area (Å²) in [6, 6.07) is 10.3. The summed E-state index contributed by atoms with van der Waals surface area (Å²) in [6.07, 6.45) is 8.19. The third-order valence-electron chi connectivity index (χ3n) is 5.09. The SMILES string of the molecule is Cc1ccc(-c2cnc(CCc3cccc4c3CCO4)n3cnnc23)cn1. The first-order valence-electron chi connectivity index (χ1n) is 9.14. The lowest BCUT2D eigenvalue weighted by Crippen LogP contribution is -2.05. The molecular weight excluding hydrogens is 338 g/mol. The molecule has 134 valence electrons. The summed E-state index contributed by atoms with van der Waals surface area (Å²) >= 11 is 0. The molecule has 0 bridgehead atoms. The largest absolute Gasteiger partial charge is 0.493 e. The van der Waals surface area contributed by atoms with Gasteiger partial charge in [-0.3, -0.25) is 9.38 Å². The maximum Gasteiger partial charge on any atom is 0.171 e. The maximum absolute atomic E-state index is 5.68. The fourth-order valence-corrected chi connectivity index (χ4v) is 3.66. The molecule has 6 nitrogen and oxygen atoms in total. The summed E-state index contributed by atoms with van der Waals surface area (Å²) < 4.78 is 7.66. The molecule has 0 aliphatic carbocycles. The average Bonchev–Trinajstić information content (AvgIpc) is 3.36. The summed E-state index contributed by atoms with van der Waals surface area (Å²) in [5.41, 5.74) is 6.40. The van der Waals surface area contributed by atoms with Gasteiger partial charge in [0.2, 0.25) is 0 Å². The fraction of sp³-hybridized carbons (Fsp3) is 0.238. The second-order valence-corrected chi connectivity index (χ2v) is 6.79. The van der Waals surface area contributed by atoms with Crippen molar-refractivity contribution in [2.75, 3.05) is 6.61 Å². The Kier molecular flexibility index (Phi) is 3.81. The predicted octanol–water partition coefficient (Wildman–Crippen LogP) is 3.21. The smallest absolute Gasteiger partial charge is 0.171 e.